The zero-order valence-electron chi connectivity index (χ0n) is 11.1. The number of carbonyl (C=O) groups is 1. The molecule has 0 atom stereocenters. The molecule has 3 N–H and O–H groups in total. The van der Waals surface area contributed by atoms with Crippen LogP contribution in [0.4, 0.5) is 11.4 Å². The molecule has 1 aromatic rings. The highest BCUT2D eigenvalue weighted by Gasteiger charge is 2.15. The molecule has 0 saturated heterocycles. The van der Waals surface area contributed by atoms with Crippen molar-refractivity contribution >= 4 is 17.3 Å². The lowest BCUT2D eigenvalue weighted by atomic mass is 10.0. The summed E-state index contributed by atoms with van der Waals surface area (Å²) < 4.78 is 0. The number of anilines is 2. The zero-order chi connectivity index (χ0) is 13.0. The topological polar surface area (TPSA) is 55.1 Å². The molecule has 17 heavy (non-hydrogen) atoms. The van der Waals surface area contributed by atoms with Crippen LogP contribution in [-0.4, -0.2) is 5.91 Å². The van der Waals surface area contributed by atoms with Crippen LogP contribution in [0.2, 0.25) is 0 Å². The highest BCUT2D eigenvalue weighted by atomic mass is 16.1. The lowest BCUT2D eigenvalue weighted by Crippen LogP contribution is -2.22. The fourth-order valence-electron chi connectivity index (χ4n) is 1.87. The molecular weight excluding hydrogens is 212 g/mol. The van der Waals surface area contributed by atoms with Gasteiger partial charge in [0.1, 0.15) is 0 Å². The number of nitrogens with one attached hydrogen (secondary N) is 1. The van der Waals surface area contributed by atoms with Gasteiger partial charge >= 0.3 is 0 Å². The Morgan fingerprint density at radius 1 is 1.24 bits per heavy atom. The molecule has 0 saturated carbocycles. The van der Waals surface area contributed by atoms with Gasteiger partial charge < -0.3 is 11.1 Å². The Hall–Kier alpha value is -1.51. The van der Waals surface area contributed by atoms with E-state index in [0.29, 0.717) is 0 Å². The van der Waals surface area contributed by atoms with E-state index in [4.69, 9.17) is 5.73 Å². The number of aryl methyl sites for hydroxylation is 2. The number of hydrogen-bond acceptors (Lipinski definition) is 2. The number of nitrogens with two attached hydrogens (primary N) is 1. The Morgan fingerprint density at radius 3 is 2.35 bits per heavy atom. The van der Waals surface area contributed by atoms with E-state index in [0.717, 1.165) is 35.3 Å². The Morgan fingerprint density at radius 2 is 1.82 bits per heavy atom. The van der Waals surface area contributed by atoms with Crippen LogP contribution in [0.25, 0.3) is 0 Å². The van der Waals surface area contributed by atoms with Gasteiger partial charge in [-0.25, -0.2) is 0 Å². The number of benzene rings is 1. The summed E-state index contributed by atoms with van der Waals surface area (Å²) in [7, 11) is 0. The minimum Gasteiger partial charge on any atom is -0.399 e. The molecule has 1 aromatic carbocycles. The van der Waals surface area contributed by atoms with Gasteiger partial charge in [0.15, 0.2) is 0 Å². The van der Waals surface area contributed by atoms with E-state index < -0.39 is 0 Å². The third-order valence-corrected chi connectivity index (χ3v) is 3.23. The predicted molar refractivity (Wildman–Crippen MR) is 73.0 cm³/mol. The van der Waals surface area contributed by atoms with E-state index in [9.17, 15) is 4.79 Å². The number of carbonyl (C=O) groups excluding carboxylic acids is 1. The summed E-state index contributed by atoms with van der Waals surface area (Å²) in [5, 5.41) is 2.99. The van der Waals surface area contributed by atoms with Crippen LogP contribution < -0.4 is 11.1 Å². The second-order valence-electron chi connectivity index (χ2n) is 4.53. The van der Waals surface area contributed by atoms with Crippen molar-refractivity contribution in [3.63, 3.8) is 0 Å². The SMILES string of the molecule is CCC(CC)C(=O)Nc1cc(C)c(N)cc1C. The minimum absolute atomic E-state index is 0.0901. The van der Waals surface area contributed by atoms with Crippen LogP contribution in [-0.2, 0) is 4.79 Å². The molecule has 0 heterocycles. The summed E-state index contributed by atoms with van der Waals surface area (Å²) in [6.45, 7) is 7.98. The van der Waals surface area contributed by atoms with Crippen molar-refractivity contribution in [2.75, 3.05) is 11.1 Å². The van der Waals surface area contributed by atoms with Gasteiger partial charge in [0, 0.05) is 17.3 Å². The lowest BCUT2D eigenvalue weighted by Gasteiger charge is -2.15. The summed E-state index contributed by atoms with van der Waals surface area (Å²) in [5.41, 5.74) is 9.46. The van der Waals surface area contributed by atoms with Gasteiger partial charge in [-0.3, -0.25) is 4.79 Å². The van der Waals surface area contributed by atoms with Crippen LogP contribution in [0.1, 0.15) is 37.8 Å². The lowest BCUT2D eigenvalue weighted by molar-refractivity contribution is -0.120. The fraction of sp³-hybridized carbons (Fsp3) is 0.500. The molecule has 0 spiro atoms. The van der Waals surface area contributed by atoms with Crippen molar-refractivity contribution < 1.29 is 4.79 Å². The Labute approximate surface area is 103 Å². The first-order valence-corrected chi connectivity index (χ1v) is 6.17. The van der Waals surface area contributed by atoms with Gasteiger partial charge in [0.05, 0.1) is 0 Å². The molecule has 0 bridgehead atoms. The number of amides is 1. The largest absolute Gasteiger partial charge is 0.399 e. The number of hydrogen-bond donors (Lipinski definition) is 2. The van der Waals surface area contributed by atoms with Crippen molar-refractivity contribution in [3.05, 3.63) is 23.3 Å². The first-order chi connectivity index (χ1) is 7.99. The summed E-state index contributed by atoms with van der Waals surface area (Å²) in [6.07, 6.45) is 1.74. The van der Waals surface area contributed by atoms with Crippen LogP contribution >= 0.6 is 0 Å². The third-order valence-electron chi connectivity index (χ3n) is 3.23. The first-order valence-electron chi connectivity index (χ1n) is 6.17. The van der Waals surface area contributed by atoms with Crippen molar-refractivity contribution in [1.29, 1.82) is 0 Å². The fourth-order valence-corrected chi connectivity index (χ4v) is 1.87. The molecule has 0 unspecified atom stereocenters. The van der Waals surface area contributed by atoms with Crippen LogP contribution in [0, 0.1) is 19.8 Å². The molecule has 94 valence electrons. The molecule has 3 nitrogen and oxygen atoms in total. The van der Waals surface area contributed by atoms with Crippen molar-refractivity contribution in [3.8, 4) is 0 Å². The molecule has 0 aromatic heterocycles. The smallest absolute Gasteiger partial charge is 0.227 e. The highest BCUT2D eigenvalue weighted by molar-refractivity contribution is 5.93. The maximum Gasteiger partial charge on any atom is 0.227 e. The molecule has 0 aliphatic carbocycles. The van der Waals surface area contributed by atoms with E-state index in [2.05, 4.69) is 5.32 Å². The van der Waals surface area contributed by atoms with Crippen LogP contribution in [0.5, 0.6) is 0 Å². The van der Waals surface area contributed by atoms with Gasteiger partial charge in [-0.1, -0.05) is 13.8 Å². The second kappa shape index (κ2) is 5.71. The summed E-state index contributed by atoms with van der Waals surface area (Å²) in [6, 6.07) is 3.84. The Balaban J connectivity index is 2.88. The molecule has 3 heteroatoms. The third kappa shape index (κ3) is 3.22. The van der Waals surface area contributed by atoms with Crippen molar-refractivity contribution in [1.82, 2.24) is 0 Å². The van der Waals surface area contributed by atoms with Crippen LogP contribution in [0.3, 0.4) is 0 Å². The summed E-state index contributed by atoms with van der Waals surface area (Å²) in [4.78, 5) is 12.0. The maximum absolute atomic E-state index is 12.0. The predicted octanol–water partition coefficient (Wildman–Crippen LogP) is 3.26. The van der Waals surface area contributed by atoms with Crippen molar-refractivity contribution in [2.24, 2.45) is 5.92 Å². The summed E-state index contributed by atoms with van der Waals surface area (Å²) in [5.74, 6) is 0.189. The van der Waals surface area contributed by atoms with E-state index >= 15 is 0 Å². The van der Waals surface area contributed by atoms with Crippen molar-refractivity contribution in [2.45, 2.75) is 40.5 Å². The normalized spacial score (nSPS) is 10.6. The summed E-state index contributed by atoms with van der Waals surface area (Å²) >= 11 is 0. The highest BCUT2D eigenvalue weighted by Crippen LogP contribution is 2.23. The molecular formula is C14H22N2O. The molecule has 0 aliphatic rings. The van der Waals surface area contributed by atoms with Crippen LogP contribution in [0.15, 0.2) is 12.1 Å². The first kappa shape index (κ1) is 13.6. The van der Waals surface area contributed by atoms with Gasteiger partial charge in [-0.15, -0.1) is 0 Å². The number of rotatable bonds is 4. The van der Waals surface area contributed by atoms with Gasteiger partial charge in [-0.05, 0) is 49.9 Å². The standard InChI is InChI=1S/C14H22N2O/c1-5-11(6-2)14(17)16-13-8-9(3)12(15)7-10(13)4/h7-8,11H,5-6,15H2,1-4H3,(H,16,17). The average Bonchev–Trinajstić information content (AvgIpc) is 2.27. The minimum atomic E-state index is 0.0901. The Bertz CT molecular complexity index is 409. The average molecular weight is 234 g/mol. The van der Waals surface area contributed by atoms with E-state index in [1.54, 1.807) is 0 Å². The quantitative estimate of drug-likeness (QED) is 0.786. The molecule has 0 aliphatic heterocycles. The van der Waals surface area contributed by atoms with Gasteiger partial charge in [0.25, 0.3) is 0 Å². The Kier molecular flexibility index (Phi) is 4.55. The van der Waals surface area contributed by atoms with Gasteiger partial charge in [0.2, 0.25) is 5.91 Å². The molecule has 1 amide bonds. The van der Waals surface area contributed by atoms with E-state index in [-0.39, 0.29) is 11.8 Å². The van der Waals surface area contributed by atoms with Gasteiger partial charge in [-0.2, -0.15) is 0 Å². The zero-order valence-corrected chi connectivity index (χ0v) is 11.1. The van der Waals surface area contributed by atoms with E-state index in [1.807, 2.05) is 39.8 Å². The molecule has 0 fully saturated rings. The maximum atomic E-state index is 12.0. The molecule has 0 radical (unpaired) electrons. The number of nitrogen functional groups attached to an aromatic ring is 1. The monoisotopic (exact) mass is 234 g/mol. The van der Waals surface area contributed by atoms with E-state index in [1.165, 1.54) is 0 Å². The molecule has 1 rings (SSSR count). The second-order valence-corrected chi connectivity index (χ2v) is 4.53.